The average molecular weight is 511 g/mol. The summed E-state index contributed by atoms with van der Waals surface area (Å²) in [7, 11) is 0. The van der Waals surface area contributed by atoms with Crippen LogP contribution in [-0.4, -0.2) is 47.8 Å². The number of carbonyl (C=O) groups is 2. The first-order valence-corrected chi connectivity index (χ1v) is 12.0. The van der Waals surface area contributed by atoms with Crippen molar-refractivity contribution in [1.82, 2.24) is 4.90 Å². The summed E-state index contributed by atoms with van der Waals surface area (Å²) >= 11 is 6.52. The number of hydrogen-bond acceptors (Lipinski definition) is 6. The largest absolute Gasteiger partial charge is 0.451 e. The lowest BCUT2D eigenvalue weighted by Gasteiger charge is -2.38. The van der Waals surface area contributed by atoms with Crippen molar-refractivity contribution in [1.29, 1.82) is 0 Å². The Kier molecular flexibility index (Phi) is 7.30. The first-order chi connectivity index (χ1) is 17.2. The quantitative estimate of drug-likeness (QED) is 0.352. The standard InChI is InChI=1S/C26H27ClN4O5/c1-16(2)26(33)30-13-11-29(12-14-30)24-19(27)5-4-6-20(24)28-25(32)23-10-9-22(36-23)18-8-7-17(3)15-21(18)31(34)35/h4-10,15-16H,11-14H2,1-3H3,(H,28,32). The molecule has 1 aliphatic rings. The average Bonchev–Trinajstić information content (AvgIpc) is 3.34. The highest BCUT2D eigenvalue weighted by Gasteiger charge is 2.26. The fourth-order valence-electron chi connectivity index (χ4n) is 4.24. The number of furan rings is 1. The molecule has 1 saturated heterocycles. The molecule has 9 nitrogen and oxygen atoms in total. The number of benzene rings is 2. The second kappa shape index (κ2) is 10.4. The summed E-state index contributed by atoms with van der Waals surface area (Å²) in [5.74, 6) is -0.216. The van der Waals surface area contributed by atoms with E-state index in [9.17, 15) is 19.7 Å². The number of halogens is 1. The fourth-order valence-corrected chi connectivity index (χ4v) is 4.54. The third-order valence-corrected chi connectivity index (χ3v) is 6.39. The molecule has 188 valence electrons. The van der Waals surface area contributed by atoms with Gasteiger partial charge in [0.05, 0.1) is 26.9 Å². The van der Waals surface area contributed by atoms with Crippen LogP contribution in [0.3, 0.4) is 0 Å². The van der Waals surface area contributed by atoms with Gasteiger partial charge in [-0.25, -0.2) is 0 Å². The third kappa shape index (κ3) is 5.21. The summed E-state index contributed by atoms with van der Waals surface area (Å²) in [4.78, 5) is 40.3. The van der Waals surface area contributed by atoms with Crippen molar-refractivity contribution in [3.05, 3.63) is 75.0 Å². The highest BCUT2D eigenvalue weighted by atomic mass is 35.5. The number of para-hydroxylation sites is 1. The van der Waals surface area contributed by atoms with Crippen molar-refractivity contribution in [2.75, 3.05) is 36.4 Å². The smallest absolute Gasteiger partial charge is 0.291 e. The van der Waals surface area contributed by atoms with Crippen LogP contribution < -0.4 is 10.2 Å². The molecule has 1 fully saturated rings. The van der Waals surface area contributed by atoms with Gasteiger partial charge in [0, 0.05) is 38.2 Å². The monoisotopic (exact) mass is 510 g/mol. The molecule has 10 heteroatoms. The molecule has 0 radical (unpaired) electrons. The van der Waals surface area contributed by atoms with E-state index in [0.717, 1.165) is 5.56 Å². The van der Waals surface area contributed by atoms with Gasteiger partial charge in [-0.2, -0.15) is 0 Å². The fraction of sp³-hybridized carbons (Fsp3) is 0.308. The number of carbonyl (C=O) groups excluding carboxylic acids is 2. The molecule has 2 amide bonds. The number of piperazine rings is 1. The molecule has 0 bridgehead atoms. The number of aryl methyl sites for hydroxylation is 1. The number of rotatable bonds is 6. The lowest BCUT2D eigenvalue weighted by molar-refractivity contribution is -0.384. The van der Waals surface area contributed by atoms with Gasteiger partial charge in [-0.3, -0.25) is 19.7 Å². The Hall–Kier alpha value is -3.85. The van der Waals surface area contributed by atoms with E-state index in [1.165, 1.54) is 18.2 Å². The van der Waals surface area contributed by atoms with E-state index in [1.54, 1.807) is 37.3 Å². The molecule has 36 heavy (non-hydrogen) atoms. The molecule has 1 aromatic heterocycles. The molecule has 1 aliphatic heterocycles. The maximum Gasteiger partial charge on any atom is 0.291 e. The summed E-state index contributed by atoms with van der Waals surface area (Å²) in [5.41, 5.74) is 2.13. The van der Waals surface area contributed by atoms with Crippen molar-refractivity contribution in [2.24, 2.45) is 5.92 Å². The molecule has 0 aliphatic carbocycles. The molecule has 0 saturated carbocycles. The Morgan fingerprint density at radius 2 is 1.81 bits per heavy atom. The van der Waals surface area contributed by atoms with Crippen LogP contribution in [0.15, 0.2) is 52.9 Å². The number of nitro benzene ring substituents is 1. The van der Waals surface area contributed by atoms with Gasteiger partial charge in [-0.1, -0.05) is 37.6 Å². The van der Waals surface area contributed by atoms with Gasteiger partial charge < -0.3 is 19.5 Å². The first-order valence-electron chi connectivity index (χ1n) is 11.6. The third-order valence-electron chi connectivity index (χ3n) is 6.08. The minimum Gasteiger partial charge on any atom is -0.451 e. The Labute approximate surface area is 213 Å². The number of nitrogens with one attached hydrogen (secondary N) is 1. The van der Waals surface area contributed by atoms with E-state index in [4.69, 9.17) is 16.0 Å². The van der Waals surface area contributed by atoms with Crippen LogP contribution in [0.2, 0.25) is 5.02 Å². The molecule has 2 heterocycles. The first kappa shape index (κ1) is 25.2. The van der Waals surface area contributed by atoms with Crippen LogP contribution in [0.5, 0.6) is 0 Å². The Bertz CT molecular complexity index is 1310. The maximum absolute atomic E-state index is 13.0. The zero-order chi connectivity index (χ0) is 26.0. The van der Waals surface area contributed by atoms with Crippen molar-refractivity contribution < 1.29 is 18.9 Å². The lowest BCUT2D eigenvalue weighted by Crippen LogP contribution is -2.50. The van der Waals surface area contributed by atoms with E-state index in [0.29, 0.717) is 48.1 Å². The molecule has 1 N–H and O–H groups in total. The Morgan fingerprint density at radius 1 is 1.08 bits per heavy atom. The van der Waals surface area contributed by atoms with E-state index >= 15 is 0 Å². The zero-order valence-electron chi connectivity index (χ0n) is 20.3. The van der Waals surface area contributed by atoms with E-state index in [1.807, 2.05) is 23.6 Å². The topological polar surface area (TPSA) is 109 Å². The van der Waals surface area contributed by atoms with Crippen LogP contribution in [0.25, 0.3) is 11.3 Å². The van der Waals surface area contributed by atoms with Gasteiger partial charge in [0.25, 0.3) is 11.6 Å². The second-order valence-electron chi connectivity index (χ2n) is 9.00. The van der Waals surface area contributed by atoms with Crippen LogP contribution in [0.4, 0.5) is 17.1 Å². The van der Waals surface area contributed by atoms with Crippen LogP contribution >= 0.6 is 11.6 Å². The molecule has 4 rings (SSSR count). The summed E-state index contributed by atoms with van der Waals surface area (Å²) in [6.07, 6.45) is 0. The van der Waals surface area contributed by atoms with Crippen LogP contribution in [0, 0.1) is 23.0 Å². The van der Waals surface area contributed by atoms with Gasteiger partial charge in [0.1, 0.15) is 5.76 Å². The van der Waals surface area contributed by atoms with Gasteiger partial charge in [0.15, 0.2) is 5.76 Å². The highest BCUT2D eigenvalue weighted by Crippen LogP contribution is 2.36. The predicted octanol–water partition coefficient (Wildman–Crippen LogP) is 5.37. The van der Waals surface area contributed by atoms with Crippen molar-refractivity contribution >= 4 is 40.5 Å². The van der Waals surface area contributed by atoms with Crippen molar-refractivity contribution in [2.45, 2.75) is 20.8 Å². The molecular formula is C26H27ClN4O5. The second-order valence-corrected chi connectivity index (χ2v) is 9.41. The normalized spacial score (nSPS) is 13.7. The van der Waals surface area contributed by atoms with Crippen LogP contribution in [-0.2, 0) is 4.79 Å². The number of nitrogens with zero attached hydrogens (tertiary/aromatic N) is 3. The van der Waals surface area contributed by atoms with Crippen LogP contribution in [0.1, 0.15) is 30.0 Å². The number of hydrogen-bond donors (Lipinski definition) is 1. The molecule has 2 aromatic carbocycles. The van der Waals surface area contributed by atoms with E-state index in [-0.39, 0.29) is 29.0 Å². The highest BCUT2D eigenvalue weighted by molar-refractivity contribution is 6.34. The minimum atomic E-state index is -0.506. The predicted molar refractivity (Wildman–Crippen MR) is 139 cm³/mol. The molecule has 0 unspecified atom stereocenters. The van der Waals surface area contributed by atoms with Gasteiger partial charge in [0.2, 0.25) is 5.91 Å². The van der Waals surface area contributed by atoms with E-state index < -0.39 is 10.8 Å². The summed E-state index contributed by atoms with van der Waals surface area (Å²) in [6, 6.07) is 13.1. The van der Waals surface area contributed by atoms with Crippen molar-refractivity contribution in [3.8, 4) is 11.3 Å². The summed E-state index contributed by atoms with van der Waals surface area (Å²) in [6.45, 7) is 7.81. The molecule has 0 atom stereocenters. The number of amides is 2. The zero-order valence-corrected chi connectivity index (χ0v) is 21.0. The maximum atomic E-state index is 13.0. The Balaban J connectivity index is 1.53. The van der Waals surface area contributed by atoms with Crippen molar-refractivity contribution in [3.63, 3.8) is 0 Å². The SMILES string of the molecule is Cc1ccc(-c2ccc(C(=O)Nc3cccc(Cl)c3N3CCN(C(=O)C(C)C)CC3)o2)c([N+](=O)[O-])c1. The summed E-state index contributed by atoms with van der Waals surface area (Å²) < 4.78 is 5.71. The molecular weight excluding hydrogens is 484 g/mol. The minimum absolute atomic E-state index is 0.0122. The lowest BCUT2D eigenvalue weighted by atomic mass is 10.1. The number of anilines is 2. The molecule has 0 spiro atoms. The van der Waals surface area contributed by atoms with E-state index in [2.05, 4.69) is 5.32 Å². The number of nitro groups is 1. The Morgan fingerprint density at radius 3 is 2.47 bits per heavy atom. The van der Waals surface area contributed by atoms with Gasteiger partial charge in [-0.05, 0) is 42.8 Å². The molecule has 3 aromatic rings. The van der Waals surface area contributed by atoms with Gasteiger partial charge >= 0.3 is 0 Å². The van der Waals surface area contributed by atoms with Gasteiger partial charge in [-0.15, -0.1) is 0 Å². The summed E-state index contributed by atoms with van der Waals surface area (Å²) in [5, 5.41) is 14.8.